The third-order valence-electron chi connectivity index (χ3n) is 2.55. The van der Waals surface area contributed by atoms with Crippen LogP contribution in [0.15, 0.2) is 16.9 Å². The molecule has 1 aromatic rings. The van der Waals surface area contributed by atoms with Crippen molar-refractivity contribution in [3.63, 3.8) is 0 Å². The number of aromatic nitrogens is 1. The molecule has 1 aliphatic heterocycles. The van der Waals surface area contributed by atoms with Crippen molar-refractivity contribution in [2.45, 2.75) is 31.8 Å². The van der Waals surface area contributed by atoms with Gasteiger partial charge in [-0.1, -0.05) is 5.16 Å². The number of nitrogens with zero attached hydrogens (tertiary/aromatic N) is 1. The van der Waals surface area contributed by atoms with Crippen LogP contribution in [0.3, 0.4) is 0 Å². The summed E-state index contributed by atoms with van der Waals surface area (Å²) in [5.74, 6) is 0.0670. The lowest BCUT2D eigenvalue weighted by Gasteiger charge is -2.09. The highest BCUT2D eigenvalue weighted by Gasteiger charge is 2.17. The van der Waals surface area contributed by atoms with E-state index >= 15 is 0 Å². The standard InChI is InChI=1S/C10H15N3O2/c14-10(6-8-2-1-4-11-8)12-7-9-3-5-15-13-9/h3,5,8,11H,1-2,4,6-7H2,(H,12,14). The molecular formula is C10H15N3O2. The normalized spacial score (nSPS) is 20.4. The summed E-state index contributed by atoms with van der Waals surface area (Å²) in [5.41, 5.74) is 0.753. The van der Waals surface area contributed by atoms with Gasteiger partial charge in [0.1, 0.15) is 12.0 Å². The molecule has 1 atom stereocenters. The molecule has 0 aliphatic carbocycles. The Balaban J connectivity index is 1.68. The van der Waals surface area contributed by atoms with E-state index in [-0.39, 0.29) is 5.91 Å². The molecule has 0 aromatic carbocycles. The van der Waals surface area contributed by atoms with Gasteiger partial charge in [0.25, 0.3) is 0 Å². The topological polar surface area (TPSA) is 67.2 Å². The van der Waals surface area contributed by atoms with Gasteiger partial charge in [-0.15, -0.1) is 0 Å². The van der Waals surface area contributed by atoms with E-state index in [4.69, 9.17) is 0 Å². The van der Waals surface area contributed by atoms with E-state index in [0.717, 1.165) is 18.7 Å². The van der Waals surface area contributed by atoms with Crippen molar-refractivity contribution < 1.29 is 9.32 Å². The molecule has 5 nitrogen and oxygen atoms in total. The SMILES string of the molecule is O=C(CC1CCCN1)NCc1ccon1. The van der Waals surface area contributed by atoms with Crippen LogP contribution in [0.4, 0.5) is 0 Å². The molecule has 2 heterocycles. The minimum Gasteiger partial charge on any atom is -0.364 e. The van der Waals surface area contributed by atoms with Gasteiger partial charge in [0.15, 0.2) is 0 Å². The quantitative estimate of drug-likeness (QED) is 0.754. The van der Waals surface area contributed by atoms with E-state index in [1.54, 1.807) is 6.07 Å². The lowest BCUT2D eigenvalue weighted by atomic mass is 10.1. The molecule has 0 spiro atoms. The van der Waals surface area contributed by atoms with Crippen LogP contribution in [0.5, 0.6) is 0 Å². The second-order valence-corrected chi connectivity index (χ2v) is 3.76. The van der Waals surface area contributed by atoms with Gasteiger partial charge in [0.05, 0.1) is 6.54 Å². The van der Waals surface area contributed by atoms with Gasteiger partial charge < -0.3 is 15.2 Å². The molecule has 0 saturated carbocycles. The molecule has 2 rings (SSSR count). The minimum atomic E-state index is 0.0670. The number of amides is 1. The van der Waals surface area contributed by atoms with Crippen molar-refractivity contribution in [3.05, 3.63) is 18.0 Å². The van der Waals surface area contributed by atoms with Crippen molar-refractivity contribution in [3.8, 4) is 0 Å². The van der Waals surface area contributed by atoms with E-state index < -0.39 is 0 Å². The fourth-order valence-electron chi connectivity index (χ4n) is 1.74. The van der Waals surface area contributed by atoms with Crippen LogP contribution in [-0.4, -0.2) is 23.7 Å². The number of hydrogen-bond donors (Lipinski definition) is 2. The Morgan fingerprint density at radius 1 is 1.73 bits per heavy atom. The van der Waals surface area contributed by atoms with Crippen molar-refractivity contribution >= 4 is 5.91 Å². The van der Waals surface area contributed by atoms with Crippen LogP contribution in [-0.2, 0) is 11.3 Å². The van der Waals surface area contributed by atoms with Crippen molar-refractivity contribution in [2.24, 2.45) is 0 Å². The Morgan fingerprint density at radius 2 is 2.67 bits per heavy atom. The first-order chi connectivity index (χ1) is 7.34. The summed E-state index contributed by atoms with van der Waals surface area (Å²) in [5, 5.41) is 9.81. The molecule has 1 amide bonds. The van der Waals surface area contributed by atoms with Crippen LogP contribution in [0.1, 0.15) is 25.0 Å². The lowest BCUT2D eigenvalue weighted by Crippen LogP contribution is -2.31. The monoisotopic (exact) mass is 209 g/mol. The van der Waals surface area contributed by atoms with Gasteiger partial charge in [-0.25, -0.2) is 0 Å². The van der Waals surface area contributed by atoms with Crippen LogP contribution in [0, 0.1) is 0 Å². The van der Waals surface area contributed by atoms with E-state index in [1.807, 2.05) is 0 Å². The predicted octanol–water partition coefficient (Wildman–Crippen LogP) is 0.433. The zero-order chi connectivity index (χ0) is 10.5. The molecule has 1 saturated heterocycles. The lowest BCUT2D eigenvalue weighted by molar-refractivity contribution is -0.121. The number of carbonyl (C=O) groups excluding carboxylic acids is 1. The third kappa shape index (κ3) is 3.06. The Hall–Kier alpha value is -1.36. The van der Waals surface area contributed by atoms with Gasteiger partial charge in [0.2, 0.25) is 5.91 Å². The zero-order valence-corrected chi connectivity index (χ0v) is 8.53. The van der Waals surface area contributed by atoms with Crippen molar-refractivity contribution in [1.82, 2.24) is 15.8 Å². The Labute approximate surface area is 88.2 Å². The average Bonchev–Trinajstić information content (AvgIpc) is 2.86. The summed E-state index contributed by atoms with van der Waals surface area (Å²) in [6, 6.07) is 2.09. The molecule has 15 heavy (non-hydrogen) atoms. The van der Waals surface area contributed by atoms with Crippen LogP contribution in [0.25, 0.3) is 0 Å². The minimum absolute atomic E-state index is 0.0670. The second-order valence-electron chi connectivity index (χ2n) is 3.76. The van der Waals surface area contributed by atoms with Crippen molar-refractivity contribution in [2.75, 3.05) is 6.54 Å². The summed E-state index contributed by atoms with van der Waals surface area (Å²) < 4.78 is 4.67. The maximum atomic E-state index is 11.5. The van der Waals surface area contributed by atoms with E-state index in [1.165, 1.54) is 12.7 Å². The predicted molar refractivity (Wildman–Crippen MR) is 54.0 cm³/mol. The first-order valence-electron chi connectivity index (χ1n) is 5.24. The molecule has 1 fully saturated rings. The van der Waals surface area contributed by atoms with E-state index in [0.29, 0.717) is 19.0 Å². The fourth-order valence-corrected chi connectivity index (χ4v) is 1.74. The first-order valence-corrected chi connectivity index (χ1v) is 5.24. The summed E-state index contributed by atoms with van der Waals surface area (Å²) in [4.78, 5) is 11.5. The highest BCUT2D eigenvalue weighted by Crippen LogP contribution is 2.08. The van der Waals surface area contributed by atoms with E-state index in [2.05, 4.69) is 20.3 Å². The summed E-state index contributed by atoms with van der Waals surface area (Å²) >= 11 is 0. The van der Waals surface area contributed by atoms with Gasteiger partial charge in [-0.3, -0.25) is 4.79 Å². The number of nitrogens with one attached hydrogen (secondary N) is 2. The average molecular weight is 209 g/mol. The molecule has 1 aliphatic rings. The molecule has 1 aromatic heterocycles. The molecule has 82 valence electrons. The van der Waals surface area contributed by atoms with Gasteiger partial charge in [-0.2, -0.15) is 0 Å². The highest BCUT2D eigenvalue weighted by atomic mass is 16.5. The molecule has 1 unspecified atom stereocenters. The Morgan fingerprint density at radius 3 is 3.33 bits per heavy atom. The summed E-state index contributed by atoms with van der Waals surface area (Å²) in [6.45, 7) is 1.48. The highest BCUT2D eigenvalue weighted by molar-refractivity contribution is 5.76. The summed E-state index contributed by atoms with van der Waals surface area (Å²) in [7, 11) is 0. The van der Waals surface area contributed by atoms with Gasteiger partial charge in [0, 0.05) is 18.5 Å². The van der Waals surface area contributed by atoms with Crippen LogP contribution in [0.2, 0.25) is 0 Å². The van der Waals surface area contributed by atoms with Crippen LogP contribution < -0.4 is 10.6 Å². The van der Waals surface area contributed by atoms with Crippen molar-refractivity contribution in [1.29, 1.82) is 0 Å². The fraction of sp³-hybridized carbons (Fsp3) is 0.600. The number of rotatable bonds is 4. The number of hydrogen-bond acceptors (Lipinski definition) is 4. The maximum absolute atomic E-state index is 11.5. The molecule has 0 radical (unpaired) electrons. The largest absolute Gasteiger partial charge is 0.364 e. The second kappa shape index (κ2) is 4.93. The Kier molecular flexibility index (Phi) is 3.34. The van der Waals surface area contributed by atoms with Gasteiger partial charge >= 0.3 is 0 Å². The van der Waals surface area contributed by atoms with Crippen LogP contribution >= 0.6 is 0 Å². The molecule has 2 N–H and O–H groups in total. The smallest absolute Gasteiger partial charge is 0.221 e. The van der Waals surface area contributed by atoms with E-state index in [9.17, 15) is 4.79 Å². The number of carbonyl (C=O) groups is 1. The Bertz CT molecular complexity index is 304. The molecule has 5 heteroatoms. The molecule has 0 bridgehead atoms. The van der Waals surface area contributed by atoms with Gasteiger partial charge in [-0.05, 0) is 19.4 Å². The zero-order valence-electron chi connectivity index (χ0n) is 8.53. The third-order valence-corrected chi connectivity index (χ3v) is 2.55. The maximum Gasteiger partial charge on any atom is 0.221 e. The first kappa shape index (κ1) is 10.2. The summed E-state index contributed by atoms with van der Waals surface area (Å²) in [6.07, 6.45) is 4.32. The molecular weight excluding hydrogens is 194 g/mol.